The fourth-order valence-corrected chi connectivity index (χ4v) is 3.54. The molecule has 0 fully saturated rings. The van der Waals surface area contributed by atoms with E-state index in [2.05, 4.69) is 16.0 Å². The molecule has 4 rings (SSSR count). The molecule has 4 aromatic rings. The zero-order valence-corrected chi connectivity index (χ0v) is 17.2. The predicted molar refractivity (Wildman–Crippen MR) is 120 cm³/mol. The summed E-state index contributed by atoms with van der Waals surface area (Å²) < 4.78 is 0. The zero-order chi connectivity index (χ0) is 20.2. The van der Waals surface area contributed by atoms with Crippen LogP contribution in [-0.4, -0.2) is 15.9 Å². The average molecular weight is 403 g/mol. The summed E-state index contributed by atoms with van der Waals surface area (Å²) in [5.74, 6) is 1.51. The molecule has 5 nitrogen and oxygen atoms in total. The first-order chi connectivity index (χ1) is 14.1. The van der Waals surface area contributed by atoms with Crippen LogP contribution in [0.3, 0.4) is 0 Å². The third-order valence-electron chi connectivity index (χ3n) is 4.59. The number of para-hydroxylation sites is 1. The predicted octanol–water partition coefficient (Wildman–Crippen LogP) is 5.56. The van der Waals surface area contributed by atoms with Crippen LogP contribution in [-0.2, 0) is 11.3 Å². The van der Waals surface area contributed by atoms with Crippen molar-refractivity contribution >= 4 is 39.7 Å². The van der Waals surface area contributed by atoms with E-state index in [4.69, 9.17) is 9.97 Å². The number of anilines is 2. The molecule has 0 saturated carbocycles. The van der Waals surface area contributed by atoms with Crippen LogP contribution < -0.4 is 10.6 Å². The van der Waals surface area contributed by atoms with Gasteiger partial charge in [-0.15, -0.1) is 0 Å². The van der Waals surface area contributed by atoms with Gasteiger partial charge in [-0.25, -0.2) is 9.97 Å². The summed E-state index contributed by atoms with van der Waals surface area (Å²) in [7, 11) is 0. The van der Waals surface area contributed by atoms with E-state index < -0.39 is 0 Å². The minimum atomic E-state index is -0.0418. The Bertz CT molecular complexity index is 1120. The molecule has 146 valence electrons. The molecule has 2 N–H and O–H groups in total. The molecule has 6 heteroatoms. The average Bonchev–Trinajstić information content (AvgIpc) is 3.27. The van der Waals surface area contributed by atoms with Crippen molar-refractivity contribution in [2.24, 2.45) is 5.92 Å². The number of carbonyl (C=O) groups is 1. The monoisotopic (exact) mass is 402 g/mol. The Hall–Kier alpha value is -3.25. The van der Waals surface area contributed by atoms with Gasteiger partial charge >= 0.3 is 0 Å². The van der Waals surface area contributed by atoms with Gasteiger partial charge in [-0.2, -0.15) is 11.3 Å². The van der Waals surface area contributed by atoms with Gasteiger partial charge in [0.1, 0.15) is 5.82 Å². The number of benzene rings is 2. The first kappa shape index (κ1) is 19.1. The van der Waals surface area contributed by atoms with Crippen molar-refractivity contribution in [1.29, 1.82) is 0 Å². The van der Waals surface area contributed by atoms with Gasteiger partial charge in [0.05, 0.1) is 5.52 Å². The summed E-state index contributed by atoms with van der Waals surface area (Å²) in [6, 6.07) is 17.9. The maximum absolute atomic E-state index is 11.8. The quantitative estimate of drug-likeness (QED) is 0.443. The van der Waals surface area contributed by atoms with Gasteiger partial charge in [-0.05, 0) is 41.3 Å². The lowest BCUT2D eigenvalue weighted by atomic mass is 10.1. The molecule has 0 unspecified atom stereocenters. The van der Waals surface area contributed by atoms with E-state index >= 15 is 0 Å². The van der Waals surface area contributed by atoms with E-state index in [1.165, 1.54) is 0 Å². The second kappa shape index (κ2) is 8.41. The maximum atomic E-state index is 11.8. The largest absolute Gasteiger partial charge is 0.365 e. The molecule has 0 atom stereocenters. The smallest absolute Gasteiger partial charge is 0.226 e. The molecule has 2 heterocycles. The number of rotatable bonds is 6. The molecule has 0 spiro atoms. The van der Waals surface area contributed by atoms with Gasteiger partial charge in [0.15, 0.2) is 5.82 Å². The summed E-state index contributed by atoms with van der Waals surface area (Å²) in [5, 5.41) is 11.4. The Kier molecular flexibility index (Phi) is 5.53. The van der Waals surface area contributed by atoms with Crippen molar-refractivity contribution < 1.29 is 4.79 Å². The topological polar surface area (TPSA) is 66.9 Å². The number of aromatic nitrogens is 2. The first-order valence-corrected chi connectivity index (χ1v) is 10.5. The van der Waals surface area contributed by atoms with Gasteiger partial charge in [-0.1, -0.05) is 38.1 Å². The molecule has 0 radical (unpaired) electrons. The van der Waals surface area contributed by atoms with E-state index in [0.717, 1.165) is 39.4 Å². The number of fused-ring (bicyclic) bond motifs is 1. The van der Waals surface area contributed by atoms with Crippen LogP contribution in [0.1, 0.15) is 19.4 Å². The Morgan fingerprint density at radius 1 is 1.03 bits per heavy atom. The number of hydrogen-bond acceptors (Lipinski definition) is 5. The number of thiophene rings is 1. The molecule has 0 saturated heterocycles. The first-order valence-electron chi connectivity index (χ1n) is 9.53. The van der Waals surface area contributed by atoms with E-state index in [1.807, 2.05) is 73.8 Å². The van der Waals surface area contributed by atoms with Crippen LogP contribution >= 0.6 is 11.3 Å². The SMILES string of the molecule is CC(C)C(=O)Nc1ccc(CNc2nc(-c3ccsc3)nc3ccccc23)cc1. The third kappa shape index (κ3) is 4.43. The summed E-state index contributed by atoms with van der Waals surface area (Å²) >= 11 is 1.63. The summed E-state index contributed by atoms with van der Waals surface area (Å²) in [6.45, 7) is 4.39. The second-order valence-corrected chi connectivity index (χ2v) is 7.90. The highest BCUT2D eigenvalue weighted by Gasteiger charge is 2.10. The van der Waals surface area contributed by atoms with Crippen molar-refractivity contribution in [3.05, 3.63) is 70.9 Å². The summed E-state index contributed by atoms with van der Waals surface area (Å²) in [5.41, 5.74) is 3.85. The highest BCUT2D eigenvalue weighted by Crippen LogP contribution is 2.26. The van der Waals surface area contributed by atoms with Crippen LogP contribution in [0.5, 0.6) is 0 Å². The fraction of sp³-hybridized carbons (Fsp3) is 0.174. The number of carbonyl (C=O) groups excluding carboxylic acids is 1. The van der Waals surface area contributed by atoms with E-state index in [1.54, 1.807) is 11.3 Å². The Balaban J connectivity index is 1.54. The van der Waals surface area contributed by atoms with Crippen molar-refractivity contribution in [3.8, 4) is 11.4 Å². The highest BCUT2D eigenvalue weighted by atomic mass is 32.1. The molecule has 0 bridgehead atoms. The molecule has 2 aromatic heterocycles. The number of amides is 1. The summed E-state index contributed by atoms with van der Waals surface area (Å²) in [4.78, 5) is 21.3. The molecular weight excluding hydrogens is 380 g/mol. The molecule has 2 aromatic carbocycles. The molecular formula is C23H22N4OS. The van der Waals surface area contributed by atoms with Crippen LogP contribution in [0.25, 0.3) is 22.3 Å². The lowest BCUT2D eigenvalue weighted by Gasteiger charge is -2.12. The minimum absolute atomic E-state index is 0.0179. The maximum Gasteiger partial charge on any atom is 0.226 e. The van der Waals surface area contributed by atoms with E-state index in [9.17, 15) is 4.79 Å². The van der Waals surface area contributed by atoms with Crippen molar-refractivity contribution in [2.45, 2.75) is 20.4 Å². The molecule has 0 aliphatic carbocycles. The standard InChI is InChI=1S/C23H22N4OS/c1-15(2)23(28)25-18-9-7-16(8-10-18)13-24-22-19-5-3-4-6-20(19)26-21(27-22)17-11-12-29-14-17/h3-12,14-15H,13H2,1-2H3,(H,25,28)(H,24,26,27). The van der Waals surface area contributed by atoms with Crippen molar-refractivity contribution in [1.82, 2.24) is 9.97 Å². The van der Waals surface area contributed by atoms with Crippen LogP contribution in [0.4, 0.5) is 11.5 Å². The fourth-order valence-electron chi connectivity index (χ4n) is 2.91. The van der Waals surface area contributed by atoms with Gasteiger partial charge in [-0.3, -0.25) is 4.79 Å². The van der Waals surface area contributed by atoms with Gasteiger partial charge in [0.2, 0.25) is 5.91 Å². The lowest BCUT2D eigenvalue weighted by molar-refractivity contribution is -0.118. The second-order valence-electron chi connectivity index (χ2n) is 7.12. The summed E-state index contributed by atoms with van der Waals surface area (Å²) in [6.07, 6.45) is 0. The number of nitrogens with one attached hydrogen (secondary N) is 2. The zero-order valence-electron chi connectivity index (χ0n) is 16.3. The van der Waals surface area contributed by atoms with Crippen LogP contribution in [0, 0.1) is 5.92 Å². The van der Waals surface area contributed by atoms with E-state index in [-0.39, 0.29) is 11.8 Å². The van der Waals surface area contributed by atoms with Gasteiger partial charge in [0, 0.05) is 34.5 Å². The molecule has 1 amide bonds. The van der Waals surface area contributed by atoms with Crippen molar-refractivity contribution in [2.75, 3.05) is 10.6 Å². The third-order valence-corrected chi connectivity index (χ3v) is 5.27. The Labute approximate surface area is 173 Å². The lowest BCUT2D eigenvalue weighted by Crippen LogP contribution is -2.17. The normalized spacial score (nSPS) is 11.0. The number of hydrogen-bond donors (Lipinski definition) is 2. The molecule has 29 heavy (non-hydrogen) atoms. The molecule has 0 aliphatic heterocycles. The van der Waals surface area contributed by atoms with Crippen LogP contribution in [0.15, 0.2) is 65.4 Å². The minimum Gasteiger partial charge on any atom is -0.365 e. The van der Waals surface area contributed by atoms with E-state index in [0.29, 0.717) is 6.54 Å². The Morgan fingerprint density at radius 3 is 2.55 bits per heavy atom. The van der Waals surface area contributed by atoms with Crippen LogP contribution in [0.2, 0.25) is 0 Å². The number of nitrogens with zero attached hydrogens (tertiary/aromatic N) is 2. The van der Waals surface area contributed by atoms with Crippen molar-refractivity contribution in [3.63, 3.8) is 0 Å². The van der Waals surface area contributed by atoms with Gasteiger partial charge in [0.25, 0.3) is 0 Å². The highest BCUT2D eigenvalue weighted by molar-refractivity contribution is 7.08. The van der Waals surface area contributed by atoms with Gasteiger partial charge < -0.3 is 10.6 Å². The molecule has 0 aliphatic rings. The Morgan fingerprint density at radius 2 is 1.83 bits per heavy atom.